The van der Waals surface area contributed by atoms with Gasteiger partial charge in [0.15, 0.2) is 11.5 Å². The van der Waals surface area contributed by atoms with Crippen LogP contribution in [0.25, 0.3) is 5.65 Å². The summed E-state index contributed by atoms with van der Waals surface area (Å²) in [5.74, 6) is -0.0867. The van der Waals surface area contributed by atoms with Crippen molar-refractivity contribution in [3.8, 4) is 0 Å². The van der Waals surface area contributed by atoms with Crippen molar-refractivity contribution in [1.82, 2.24) is 19.6 Å². The van der Waals surface area contributed by atoms with Gasteiger partial charge in [-0.15, -0.1) is 10.2 Å². The number of carbonyl (C=O) groups excluding carboxylic acids is 1. The summed E-state index contributed by atoms with van der Waals surface area (Å²) in [5.41, 5.74) is 0.678. The highest BCUT2D eigenvalue weighted by molar-refractivity contribution is 5.77. The molecule has 0 aliphatic carbocycles. The lowest BCUT2D eigenvalue weighted by atomic mass is 10.1. The smallest absolute Gasteiger partial charge is 0.316 e. The molecule has 0 spiro atoms. The van der Waals surface area contributed by atoms with Crippen molar-refractivity contribution in [2.24, 2.45) is 0 Å². The molecule has 1 unspecified atom stereocenters. The van der Waals surface area contributed by atoms with Gasteiger partial charge in [-0.2, -0.15) is 0 Å². The summed E-state index contributed by atoms with van der Waals surface area (Å²) in [6.45, 7) is 4.07. The molecule has 90 valence electrons. The number of fused-ring (bicyclic) bond motifs is 1. The number of nitrogens with zero attached hydrogens (tertiary/aromatic N) is 4. The monoisotopic (exact) mass is 234 g/mol. The predicted molar refractivity (Wildman–Crippen MR) is 60.4 cm³/mol. The van der Waals surface area contributed by atoms with Crippen LogP contribution in [0.3, 0.4) is 0 Å². The molecule has 0 N–H and O–H groups in total. The molecule has 2 aromatic rings. The van der Waals surface area contributed by atoms with Gasteiger partial charge in [-0.25, -0.2) is 4.98 Å². The van der Waals surface area contributed by atoms with Crippen molar-refractivity contribution < 1.29 is 9.53 Å². The molecule has 0 amide bonds. The highest BCUT2D eigenvalue weighted by atomic mass is 16.5. The molecule has 0 radical (unpaired) electrons. The summed E-state index contributed by atoms with van der Waals surface area (Å²) in [6, 6.07) is 1.74. The maximum absolute atomic E-state index is 11.8. The van der Waals surface area contributed by atoms with Crippen molar-refractivity contribution in [3.05, 3.63) is 24.4 Å². The van der Waals surface area contributed by atoms with E-state index in [0.717, 1.165) is 0 Å². The average Bonchev–Trinajstić information content (AvgIpc) is 2.75. The number of rotatable bonds is 4. The van der Waals surface area contributed by atoms with Crippen LogP contribution in [0, 0.1) is 0 Å². The van der Waals surface area contributed by atoms with Gasteiger partial charge in [0.05, 0.1) is 6.61 Å². The Labute approximate surface area is 98.6 Å². The predicted octanol–water partition coefficient (Wildman–Crippen LogP) is 1.18. The fourth-order valence-electron chi connectivity index (χ4n) is 1.70. The standard InChI is InChI=1S/C11H14N4O2/c1-3-8(11(16)17-4-2)10-14-13-9-5-6-12-7-15(9)10/h5-8H,3-4H2,1-2H3. The Morgan fingerprint density at radius 1 is 1.47 bits per heavy atom. The first-order valence-electron chi connectivity index (χ1n) is 5.59. The molecular formula is C11H14N4O2. The van der Waals surface area contributed by atoms with Gasteiger partial charge < -0.3 is 4.74 Å². The van der Waals surface area contributed by atoms with Crippen LogP contribution in [0.5, 0.6) is 0 Å². The second-order valence-electron chi connectivity index (χ2n) is 3.58. The fourth-order valence-corrected chi connectivity index (χ4v) is 1.70. The van der Waals surface area contributed by atoms with Crippen LogP contribution in [0.15, 0.2) is 18.6 Å². The van der Waals surface area contributed by atoms with Crippen LogP contribution in [0.1, 0.15) is 32.0 Å². The zero-order valence-electron chi connectivity index (χ0n) is 9.83. The second-order valence-corrected chi connectivity index (χ2v) is 3.58. The van der Waals surface area contributed by atoms with E-state index in [1.165, 1.54) is 0 Å². The average molecular weight is 234 g/mol. The SMILES string of the molecule is CCOC(=O)C(CC)c1nnc2ccncn12. The zero-order valence-corrected chi connectivity index (χ0v) is 9.83. The summed E-state index contributed by atoms with van der Waals surface area (Å²) in [5, 5.41) is 8.04. The number of aromatic nitrogens is 4. The van der Waals surface area contributed by atoms with Crippen LogP contribution in [0.2, 0.25) is 0 Å². The Kier molecular flexibility index (Phi) is 3.32. The minimum atomic E-state index is -0.394. The summed E-state index contributed by atoms with van der Waals surface area (Å²) >= 11 is 0. The number of carbonyl (C=O) groups is 1. The molecule has 0 aliphatic rings. The van der Waals surface area contributed by atoms with E-state index in [1.54, 1.807) is 29.9 Å². The lowest BCUT2D eigenvalue weighted by molar-refractivity contribution is -0.145. The van der Waals surface area contributed by atoms with E-state index in [-0.39, 0.29) is 5.97 Å². The van der Waals surface area contributed by atoms with E-state index in [4.69, 9.17) is 4.74 Å². The van der Waals surface area contributed by atoms with Gasteiger partial charge in [0, 0.05) is 12.3 Å². The summed E-state index contributed by atoms with van der Waals surface area (Å²) in [7, 11) is 0. The van der Waals surface area contributed by atoms with Gasteiger partial charge in [-0.05, 0) is 13.3 Å². The lowest BCUT2D eigenvalue weighted by Gasteiger charge is -2.11. The molecule has 0 bridgehead atoms. The van der Waals surface area contributed by atoms with E-state index in [9.17, 15) is 4.79 Å². The highest BCUT2D eigenvalue weighted by Gasteiger charge is 2.25. The lowest BCUT2D eigenvalue weighted by Crippen LogP contribution is -2.18. The molecule has 0 aliphatic heterocycles. The Balaban J connectivity index is 2.40. The Morgan fingerprint density at radius 3 is 3.00 bits per heavy atom. The summed E-state index contributed by atoms with van der Waals surface area (Å²) < 4.78 is 6.74. The Hall–Kier alpha value is -1.98. The second kappa shape index (κ2) is 4.90. The highest BCUT2D eigenvalue weighted by Crippen LogP contribution is 2.19. The van der Waals surface area contributed by atoms with Gasteiger partial charge >= 0.3 is 5.97 Å². The topological polar surface area (TPSA) is 69.4 Å². The number of ether oxygens (including phenoxy) is 1. The summed E-state index contributed by atoms with van der Waals surface area (Å²) in [6.07, 6.45) is 3.86. The molecular weight excluding hydrogens is 220 g/mol. The molecule has 0 saturated carbocycles. The molecule has 2 aromatic heterocycles. The zero-order chi connectivity index (χ0) is 12.3. The van der Waals surface area contributed by atoms with Crippen molar-refractivity contribution >= 4 is 11.6 Å². The Morgan fingerprint density at radius 2 is 2.29 bits per heavy atom. The molecule has 1 atom stereocenters. The van der Waals surface area contributed by atoms with Gasteiger partial charge in [-0.1, -0.05) is 6.92 Å². The van der Waals surface area contributed by atoms with Gasteiger partial charge in [0.25, 0.3) is 0 Å². The molecule has 0 fully saturated rings. The minimum Gasteiger partial charge on any atom is -0.465 e. The third kappa shape index (κ3) is 2.11. The van der Waals surface area contributed by atoms with Crippen LogP contribution >= 0.6 is 0 Å². The number of esters is 1. The first kappa shape index (κ1) is 11.5. The first-order valence-corrected chi connectivity index (χ1v) is 5.59. The van der Waals surface area contributed by atoms with Crippen molar-refractivity contribution in [3.63, 3.8) is 0 Å². The number of hydrogen-bond donors (Lipinski definition) is 0. The minimum absolute atomic E-state index is 0.270. The van der Waals surface area contributed by atoms with Crippen molar-refractivity contribution in [2.75, 3.05) is 6.61 Å². The van der Waals surface area contributed by atoms with Gasteiger partial charge in [-0.3, -0.25) is 9.20 Å². The van der Waals surface area contributed by atoms with E-state index < -0.39 is 5.92 Å². The largest absolute Gasteiger partial charge is 0.465 e. The maximum atomic E-state index is 11.8. The fraction of sp³-hybridized carbons (Fsp3) is 0.455. The molecule has 6 nitrogen and oxygen atoms in total. The normalized spacial score (nSPS) is 12.6. The van der Waals surface area contributed by atoms with E-state index in [2.05, 4.69) is 15.2 Å². The molecule has 17 heavy (non-hydrogen) atoms. The van der Waals surface area contributed by atoms with Crippen molar-refractivity contribution in [2.45, 2.75) is 26.2 Å². The van der Waals surface area contributed by atoms with Gasteiger partial charge in [0.2, 0.25) is 0 Å². The van der Waals surface area contributed by atoms with Gasteiger partial charge in [0.1, 0.15) is 12.2 Å². The molecule has 0 saturated heterocycles. The molecule has 6 heteroatoms. The van der Waals surface area contributed by atoms with E-state index >= 15 is 0 Å². The Bertz CT molecular complexity index is 523. The maximum Gasteiger partial charge on any atom is 0.316 e. The van der Waals surface area contributed by atoms with Crippen LogP contribution in [0.4, 0.5) is 0 Å². The van der Waals surface area contributed by atoms with Crippen molar-refractivity contribution in [1.29, 1.82) is 0 Å². The van der Waals surface area contributed by atoms with Crippen LogP contribution in [-0.4, -0.2) is 32.2 Å². The van der Waals surface area contributed by atoms with Crippen LogP contribution in [-0.2, 0) is 9.53 Å². The third-order valence-corrected chi connectivity index (χ3v) is 2.53. The van der Waals surface area contributed by atoms with E-state index in [1.807, 2.05) is 6.92 Å². The third-order valence-electron chi connectivity index (χ3n) is 2.53. The molecule has 2 heterocycles. The first-order chi connectivity index (χ1) is 8.27. The summed E-state index contributed by atoms with van der Waals surface area (Å²) in [4.78, 5) is 15.8. The number of hydrogen-bond acceptors (Lipinski definition) is 5. The molecule has 2 rings (SSSR count). The van der Waals surface area contributed by atoms with Crippen LogP contribution < -0.4 is 0 Å². The quantitative estimate of drug-likeness (QED) is 0.743. The van der Waals surface area contributed by atoms with E-state index in [0.29, 0.717) is 24.5 Å². The molecule has 0 aromatic carbocycles.